The maximum atomic E-state index is 12.2. The van der Waals surface area contributed by atoms with Crippen LogP contribution in [0.15, 0.2) is 54.0 Å². The van der Waals surface area contributed by atoms with Crippen LogP contribution in [-0.4, -0.2) is 31.7 Å². The number of rotatable bonds is 5. The van der Waals surface area contributed by atoms with Crippen LogP contribution in [0.3, 0.4) is 0 Å². The average Bonchev–Trinajstić information content (AvgIpc) is 3.17. The molecule has 122 valence electrons. The van der Waals surface area contributed by atoms with Gasteiger partial charge in [-0.3, -0.25) is 14.2 Å². The Bertz CT molecular complexity index is 863. The highest BCUT2D eigenvalue weighted by Gasteiger charge is 2.06. The molecule has 0 spiro atoms. The number of nitrogens with zero attached hydrogens (tertiary/aromatic N) is 5. The van der Waals surface area contributed by atoms with Gasteiger partial charge in [-0.05, 0) is 30.7 Å². The number of amides is 1. The fourth-order valence-corrected chi connectivity index (χ4v) is 2.36. The number of hydrazone groups is 1. The predicted molar refractivity (Wildman–Crippen MR) is 90.8 cm³/mol. The summed E-state index contributed by atoms with van der Waals surface area (Å²) in [6.07, 6.45) is 7.04. The lowest BCUT2D eigenvalue weighted by atomic mass is 10.1. The Morgan fingerprint density at radius 2 is 2.25 bits per heavy atom. The number of carbonyl (C=O) groups is 1. The first kappa shape index (κ1) is 15.7. The second-order valence-corrected chi connectivity index (χ2v) is 5.45. The summed E-state index contributed by atoms with van der Waals surface area (Å²) >= 11 is 0. The van der Waals surface area contributed by atoms with Crippen molar-refractivity contribution in [3.63, 3.8) is 0 Å². The fraction of sp³-hybridized carbons (Fsp3) is 0.176. The monoisotopic (exact) mass is 322 g/mol. The molecule has 0 atom stereocenters. The Labute approximate surface area is 139 Å². The molecule has 3 aromatic rings. The van der Waals surface area contributed by atoms with E-state index >= 15 is 0 Å². The molecular formula is C17H18N6O. The van der Waals surface area contributed by atoms with Crippen LogP contribution in [0.25, 0.3) is 0 Å². The maximum absolute atomic E-state index is 12.2. The standard InChI is InChI=1S/C17H18N6O/c1-13-16(12-22(2)21-13)10-18-20-17(24)15-6-3-5-14(9-15)11-23-8-4-7-19-23/h3-10,12H,11H2,1-2H3,(H,20,24)/b18-10-. The van der Waals surface area contributed by atoms with E-state index in [1.54, 1.807) is 27.8 Å². The number of hydrogen-bond donors (Lipinski definition) is 1. The predicted octanol–water partition coefficient (Wildman–Crippen LogP) is 1.74. The number of hydrogen-bond acceptors (Lipinski definition) is 4. The van der Waals surface area contributed by atoms with Gasteiger partial charge in [0.2, 0.25) is 0 Å². The molecule has 7 nitrogen and oxygen atoms in total. The molecule has 0 bridgehead atoms. The minimum Gasteiger partial charge on any atom is -0.275 e. The van der Waals surface area contributed by atoms with Crippen LogP contribution in [0, 0.1) is 6.92 Å². The first-order valence-electron chi connectivity index (χ1n) is 7.52. The van der Waals surface area contributed by atoms with E-state index < -0.39 is 0 Å². The van der Waals surface area contributed by atoms with Crippen molar-refractivity contribution in [3.8, 4) is 0 Å². The third kappa shape index (κ3) is 3.75. The summed E-state index contributed by atoms with van der Waals surface area (Å²) in [6.45, 7) is 2.51. The third-order valence-electron chi connectivity index (χ3n) is 3.51. The molecule has 1 N–H and O–H groups in total. The number of aryl methyl sites for hydroxylation is 2. The molecule has 0 saturated carbocycles. The van der Waals surface area contributed by atoms with E-state index in [1.807, 2.05) is 50.6 Å². The number of benzene rings is 1. The van der Waals surface area contributed by atoms with E-state index in [2.05, 4.69) is 20.7 Å². The number of carbonyl (C=O) groups excluding carboxylic acids is 1. The van der Waals surface area contributed by atoms with Gasteiger partial charge in [-0.2, -0.15) is 15.3 Å². The Morgan fingerprint density at radius 1 is 1.38 bits per heavy atom. The lowest BCUT2D eigenvalue weighted by Gasteiger charge is -2.05. The molecule has 0 aliphatic carbocycles. The zero-order valence-corrected chi connectivity index (χ0v) is 13.5. The normalized spacial score (nSPS) is 11.1. The fourth-order valence-electron chi connectivity index (χ4n) is 2.36. The van der Waals surface area contributed by atoms with Crippen molar-refractivity contribution in [1.29, 1.82) is 0 Å². The van der Waals surface area contributed by atoms with Gasteiger partial charge in [-0.15, -0.1) is 0 Å². The second kappa shape index (κ2) is 6.91. The highest BCUT2D eigenvalue weighted by atomic mass is 16.2. The zero-order valence-electron chi connectivity index (χ0n) is 13.5. The SMILES string of the molecule is Cc1nn(C)cc1/C=N\NC(=O)c1cccc(Cn2cccn2)c1. The molecule has 1 amide bonds. The number of aromatic nitrogens is 4. The van der Waals surface area contributed by atoms with Crippen molar-refractivity contribution < 1.29 is 4.79 Å². The van der Waals surface area contributed by atoms with Gasteiger partial charge < -0.3 is 0 Å². The van der Waals surface area contributed by atoms with Gasteiger partial charge in [-0.25, -0.2) is 5.43 Å². The highest BCUT2D eigenvalue weighted by molar-refractivity contribution is 5.95. The van der Waals surface area contributed by atoms with E-state index in [-0.39, 0.29) is 5.91 Å². The summed E-state index contributed by atoms with van der Waals surface area (Å²) in [6, 6.07) is 9.27. The molecule has 7 heteroatoms. The summed E-state index contributed by atoms with van der Waals surface area (Å²) in [5, 5.41) is 12.4. The molecule has 0 unspecified atom stereocenters. The minimum atomic E-state index is -0.255. The van der Waals surface area contributed by atoms with Crippen LogP contribution in [0.2, 0.25) is 0 Å². The van der Waals surface area contributed by atoms with Crippen LogP contribution in [-0.2, 0) is 13.6 Å². The van der Waals surface area contributed by atoms with Crippen LogP contribution in [0.5, 0.6) is 0 Å². The molecule has 0 aliphatic rings. The summed E-state index contributed by atoms with van der Waals surface area (Å²) < 4.78 is 3.51. The molecular weight excluding hydrogens is 304 g/mol. The van der Waals surface area contributed by atoms with Crippen LogP contribution in [0.1, 0.15) is 27.2 Å². The lowest BCUT2D eigenvalue weighted by Crippen LogP contribution is -2.18. The quantitative estimate of drug-likeness (QED) is 0.574. The topological polar surface area (TPSA) is 77.1 Å². The Balaban J connectivity index is 1.65. The van der Waals surface area contributed by atoms with Crippen molar-refractivity contribution in [2.75, 3.05) is 0 Å². The summed E-state index contributed by atoms with van der Waals surface area (Å²) in [5.41, 5.74) is 5.82. The smallest absolute Gasteiger partial charge is 0.271 e. The molecule has 2 aromatic heterocycles. The zero-order chi connectivity index (χ0) is 16.9. The van der Waals surface area contributed by atoms with Gasteiger partial charge in [-0.1, -0.05) is 12.1 Å². The Morgan fingerprint density at radius 3 is 2.96 bits per heavy atom. The van der Waals surface area contributed by atoms with Gasteiger partial charge in [0.15, 0.2) is 0 Å². The van der Waals surface area contributed by atoms with Crippen molar-refractivity contribution in [3.05, 3.63) is 71.3 Å². The van der Waals surface area contributed by atoms with E-state index in [0.717, 1.165) is 16.8 Å². The lowest BCUT2D eigenvalue weighted by molar-refractivity contribution is 0.0955. The summed E-state index contributed by atoms with van der Waals surface area (Å²) in [4.78, 5) is 12.2. The van der Waals surface area contributed by atoms with Crippen molar-refractivity contribution in [2.24, 2.45) is 12.1 Å². The van der Waals surface area contributed by atoms with E-state index in [4.69, 9.17) is 0 Å². The first-order chi connectivity index (χ1) is 11.6. The average molecular weight is 322 g/mol. The molecule has 0 aliphatic heterocycles. The summed E-state index contributed by atoms with van der Waals surface area (Å²) in [5.74, 6) is -0.255. The maximum Gasteiger partial charge on any atom is 0.271 e. The molecule has 3 rings (SSSR count). The summed E-state index contributed by atoms with van der Waals surface area (Å²) in [7, 11) is 1.84. The minimum absolute atomic E-state index is 0.255. The van der Waals surface area contributed by atoms with Crippen molar-refractivity contribution in [1.82, 2.24) is 25.0 Å². The van der Waals surface area contributed by atoms with Crippen molar-refractivity contribution in [2.45, 2.75) is 13.5 Å². The van der Waals surface area contributed by atoms with Crippen LogP contribution in [0.4, 0.5) is 0 Å². The van der Waals surface area contributed by atoms with E-state index in [9.17, 15) is 4.79 Å². The molecule has 24 heavy (non-hydrogen) atoms. The molecule has 0 radical (unpaired) electrons. The van der Waals surface area contributed by atoms with E-state index in [0.29, 0.717) is 12.1 Å². The van der Waals surface area contributed by atoms with Gasteiger partial charge in [0.05, 0.1) is 18.5 Å². The largest absolute Gasteiger partial charge is 0.275 e. The second-order valence-electron chi connectivity index (χ2n) is 5.45. The Kier molecular flexibility index (Phi) is 4.51. The number of nitrogens with one attached hydrogen (secondary N) is 1. The Hall–Kier alpha value is -3.22. The first-order valence-corrected chi connectivity index (χ1v) is 7.52. The molecule has 2 heterocycles. The molecule has 1 aromatic carbocycles. The van der Waals surface area contributed by atoms with Gasteiger partial charge in [0, 0.05) is 36.8 Å². The van der Waals surface area contributed by atoms with Gasteiger partial charge in [0.1, 0.15) is 0 Å². The van der Waals surface area contributed by atoms with Gasteiger partial charge in [0.25, 0.3) is 5.91 Å². The molecule has 0 saturated heterocycles. The molecule has 0 fully saturated rings. The third-order valence-corrected chi connectivity index (χ3v) is 3.51. The van der Waals surface area contributed by atoms with Gasteiger partial charge >= 0.3 is 0 Å². The van der Waals surface area contributed by atoms with E-state index in [1.165, 1.54) is 0 Å². The van der Waals surface area contributed by atoms with Crippen LogP contribution >= 0.6 is 0 Å². The van der Waals surface area contributed by atoms with Crippen LogP contribution < -0.4 is 5.43 Å². The highest BCUT2D eigenvalue weighted by Crippen LogP contribution is 2.07. The van der Waals surface area contributed by atoms with Crippen molar-refractivity contribution >= 4 is 12.1 Å².